The summed E-state index contributed by atoms with van der Waals surface area (Å²) in [5.41, 5.74) is 0. The van der Waals surface area contributed by atoms with Crippen LogP contribution in [0.1, 0.15) is 26.1 Å². The third kappa shape index (κ3) is 6.35. The topological polar surface area (TPSA) is 68.3 Å². The van der Waals surface area contributed by atoms with Crippen molar-refractivity contribution in [1.29, 1.82) is 0 Å². The van der Waals surface area contributed by atoms with Crippen molar-refractivity contribution in [2.75, 3.05) is 44.0 Å². The van der Waals surface area contributed by atoms with E-state index in [2.05, 4.69) is 27.5 Å². The van der Waals surface area contributed by atoms with Crippen molar-refractivity contribution in [1.82, 2.24) is 9.97 Å². The van der Waals surface area contributed by atoms with E-state index in [9.17, 15) is 0 Å². The number of hydrogen-bond donors (Lipinski definition) is 2. The highest BCUT2D eigenvalue weighted by atomic mass is 16.5. The summed E-state index contributed by atoms with van der Waals surface area (Å²) in [6.07, 6.45) is 1.05. The Labute approximate surface area is 114 Å². The van der Waals surface area contributed by atoms with Gasteiger partial charge in [-0.15, -0.1) is 0 Å². The van der Waals surface area contributed by atoms with Crippen molar-refractivity contribution in [3.05, 3.63) is 11.9 Å². The monoisotopic (exact) mass is 268 g/mol. The van der Waals surface area contributed by atoms with Crippen molar-refractivity contribution >= 4 is 11.6 Å². The second-order valence-corrected chi connectivity index (χ2v) is 4.04. The van der Waals surface area contributed by atoms with E-state index in [1.165, 1.54) is 0 Å². The van der Waals surface area contributed by atoms with E-state index in [4.69, 9.17) is 9.47 Å². The van der Waals surface area contributed by atoms with Gasteiger partial charge in [0, 0.05) is 32.9 Å². The first-order chi connectivity index (χ1) is 9.30. The Morgan fingerprint density at radius 2 is 1.79 bits per heavy atom. The van der Waals surface area contributed by atoms with Crippen molar-refractivity contribution in [3.8, 4) is 0 Å². The molecule has 2 N–H and O–H groups in total. The maximum Gasteiger partial charge on any atom is 0.158 e. The zero-order chi connectivity index (χ0) is 13.9. The highest BCUT2D eigenvalue weighted by Crippen LogP contribution is 2.11. The van der Waals surface area contributed by atoms with E-state index in [1.807, 2.05) is 13.0 Å². The zero-order valence-electron chi connectivity index (χ0n) is 12.0. The fourth-order valence-corrected chi connectivity index (χ4v) is 1.52. The number of aromatic nitrogens is 2. The van der Waals surface area contributed by atoms with Crippen LogP contribution in [0, 0.1) is 0 Å². The molecular weight excluding hydrogens is 244 g/mol. The quantitative estimate of drug-likeness (QED) is 0.632. The van der Waals surface area contributed by atoms with Crippen molar-refractivity contribution in [3.63, 3.8) is 0 Å². The van der Waals surface area contributed by atoms with Crippen LogP contribution < -0.4 is 10.6 Å². The summed E-state index contributed by atoms with van der Waals surface area (Å²) in [6, 6.07) is 1.90. The molecule has 0 unspecified atom stereocenters. The average molecular weight is 268 g/mol. The molecule has 0 aliphatic heterocycles. The largest absolute Gasteiger partial charge is 0.380 e. The second kappa shape index (κ2) is 9.52. The van der Waals surface area contributed by atoms with E-state index in [1.54, 1.807) is 7.11 Å². The minimum absolute atomic E-state index is 0.405. The number of hydrogen-bond acceptors (Lipinski definition) is 6. The molecule has 0 atom stereocenters. The van der Waals surface area contributed by atoms with Gasteiger partial charge in [-0.25, -0.2) is 9.97 Å². The number of nitrogens with one attached hydrogen (secondary N) is 2. The minimum atomic E-state index is 0.405. The van der Waals surface area contributed by atoms with Gasteiger partial charge in [-0.1, -0.05) is 6.92 Å². The van der Waals surface area contributed by atoms with E-state index < -0.39 is 0 Å². The molecule has 0 spiro atoms. The lowest BCUT2D eigenvalue weighted by molar-refractivity contribution is 0.158. The lowest BCUT2D eigenvalue weighted by Crippen LogP contribution is -2.13. The Bertz CT molecular complexity index is 360. The van der Waals surface area contributed by atoms with Gasteiger partial charge in [0.15, 0.2) is 5.82 Å². The minimum Gasteiger partial charge on any atom is -0.380 e. The third-order valence-electron chi connectivity index (χ3n) is 2.36. The number of anilines is 2. The second-order valence-electron chi connectivity index (χ2n) is 4.04. The molecule has 108 valence electrons. The molecule has 6 heteroatoms. The lowest BCUT2D eigenvalue weighted by atomic mass is 10.4. The SMILES string of the molecule is CCCNc1cc(NCCOCC)nc(COC)n1. The van der Waals surface area contributed by atoms with Crippen LogP contribution in [-0.2, 0) is 16.1 Å². The predicted molar refractivity (Wildman–Crippen MR) is 76.5 cm³/mol. The number of rotatable bonds is 10. The van der Waals surface area contributed by atoms with Crippen LogP contribution in [0.15, 0.2) is 6.07 Å². The lowest BCUT2D eigenvalue weighted by Gasteiger charge is -2.10. The first kappa shape index (κ1) is 15.7. The van der Waals surface area contributed by atoms with Crippen LogP contribution >= 0.6 is 0 Å². The molecule has 0 amide bonds. The van der Waals surface area contributed by atoms with Crippen molar-refractivity contribution in [2.24, 2.45) is 0 Å². The van der Waals surface area contributed by atoms with Gasteiger partial charge in [0.05, 0.1) is 6.61 Å². The predicted octanol–water partition coefficient (Wildman–Crippen LogP) is 1.89. The molecular formula is C13H24N4O2. The Morgan fingerprint density at radius 3 is 2.37 bits per heavy atom. The summed E-state index contributed by atoms with van der Waals surface area (Å²) in [6.45, 7) is 7.51. The summed E-state index contributed by atoms with van der Waals surface area (Å²) < 4.78 is 10.4. The normalized spacial score (nSPS) is 10.5. The smallest absolute Gasteiger partial charge is 0.158 e. The molecule has 1 rings (SSSR count). The van der Waals surface area contributed by atoms with Crippen LogP contribution in [0.25, 0.3) is 0 Å². The highest BCUT2D eigenvalue weighted by Gasteiger charge is 2.04. The summed E-state index contributed by atoms with van der Waals surface area (Å²) in [4.78, 5) is 8.77. The summed E-state index contributed by atoms with van der Waals surface area (Å²) in [7, 11) is 1.64. The molecule has 0 saturated carbocycles. The van der Waals surface area contributed by atoms with E-state index in [-0.39, 0.29) is 0 Å². The van der Waals surface area contributed by atoms with Crippen molar-refractivity contribution < 1.29 is 9.47 Å². The van der Waals surface area contributed by atoms with Gasteiger partial charge < -0.3 is 20.1 Å². The molecule has 0 aliphatic rings. The Morgan fingerprint density at radius 1 is 1.11 bits per heavy atom. The Hall–Kier alpha value is -1.40. The van der Waals surface area contributed by atoms with Gasteiger partial charge in [-0.05, 0) is 13.3 Å². The van der Waals surface area contributed by atoms with E-state index in [0.717, 1.165) is 37.8 Å². The van der Waals surface area contributed by atoms with Gasteiger partial charge in [0.1, 0.15) is 18.2 Å². The Kier molecular flexibility index (Phi) is 7.84. The molecule has 0 bridgehead atoms. The van der Waals surface area contributed by atoms with Gasteiger partial charge in [0.2, 0.25) is 0 Å². The van der Waals surface area contributed by atoms with Gasteiger partial charge in [-0.2, -0.15) is 0 Å². The fourth-order valence-electron chi connectivity index (χ4n) is 1.52. The maximum atomic E-state index is 5.28. The number of nitrogens with zero attached hydrogens (tertiary/aromatic N) is 2. The van der Waals surface area contributed by atoms with E-state index >= 15 is 0 Å². The summed E-state index contributed by atoms with van der Waals surface area (Å²) in [5.74, 6) is 2.28. The number of ether oxygens (including phenoxy) is 2. The molecule has 0 saturated heterocycles. The first-order valence-corrected chi connectivity index (χ1v) is 6.72. The van der Waals surface area contributed by atoms with Gasteiger partial charge >= 0.3 is 0 Å². The molecule has 1 aromatic heterocycles. The molecule has 1 aromatic rings. The van der Waals surface area contributed by atoms with Crippen LogP contribution in [0.3, 0.4) is 0 Å². The molecule has 0 radical (unpaired) electrons. The molecule has 0 aromatic carbocycles. The fraction of sp³-hybridized carbons (Fsp3) is 0.692. The van der Waals surface area contributed by atoms with Crippen molar-refractivity contribution in [2.45, 2.75) is 26.9 Å². The van der Waals surface area contributed by atoms with Crippen LogP contribution in [0.2, 0.25) is 0 Å². The third-order valence-corrected chi connectivity index (χ3v) is 2.36. The van der Waals surface area contributed by atoms with Gasteiger partial charge in [0.25, 0.3) is 0 Å². The summed E-state index contributed by atoms with van der Waals surface area (Å²) >= 11 is 0. The van der Waals surface area contributed by atoms with Crippen LogP contribution in [0.4, 0.5) is 11.6 Å². The standard InChI is InChI=1S/C13H24N4O2/c1-4-6-14-11-9-12(15-7-8-19-5-2)17-13(16-11)10-18-3/h9H,4-8,10H2,1-3H3,(H2,14,15,16,17). The van der Waals surface area contributed by atoms with E-state index in [0.29, 0.717) is 19.0 Å². The zero-order valence-corrected chi connectivity index (χ0v) is 12.0. The van der Waals surface area contributed by atoms with Crippen LogP contribution in [0.5, 0.6) is 0 Å². The molecule has 19 heavy (non-hydrogen) atoms. The molecule has 6 nitrogen and oxygen atoms in total. The van der Waals surface area contributed by atoms with Gasteiger partial charge in [-0.3, -0.25) is 0 Å². The highest BCUT2D eigenvalue weighted by molar-refractivity contribution is 5.47. The average Bonchev–Trinajstić information content (AvgIpc) is 2.42. The first-order valence-electron chi connectivity index (χ1n) is 6.72. The maximum absolute atomic E-state index is 5.28. The van der Waals surface area contributed by atoms with Crippen LogP contribution in [-0.4, -0.2) is 43.4 Å². The summed E-state index contributed by atoms with van der Waals surface area (Å²) in [5, 5.41) is 6.48. The molecule has 0 aliphatic carbocycles. The molecule has 0 fully saturated rings. The molecule has 1 heterocycles. The Balaban J connectivity index is 2.63. The number of methoxy groups -OCH3 is 1.